The van der Waals surface area contributed by atoms with Crippen molar-refractivity contribution in [3.8, 4) is 0 Å². The minimum atomic E-state index is 0.171. The fraction of sp³-hybridized carbons (Fsp3) is 0.533. The van der Waals surface area contributed by atoms with Gasteiger partial charge in [-0.1, -0.05) is 37.6 Å². The molecule has 1 saturated heterocycles. The average Bonchev–Trinajstić information content (AvgIpc) is 2.77. The summed E-state index contributed by atoms with van der Waals surface area (Å²) in [5.74, 6) is 0.782. The molecule has 0 aliphatic carbocycles. The molecule has 1 aliphatic heterocycles. The van der Waals surface area contributed by atoms with E-state index in [1.807, 2.05) is 12.1 Å². The quantitative estimate of drug-likeness (QED) is 0.775. The van der Waals surface area contributed by atoms with Gasteiger partial charge in [0.05, 0.1) is 6.54 Å². The van der Waals surface area contributed by atoms with E-state index in [9.17, 15) is 4.79 Å². The molecule has 2 nitrogen and oxygen atoms in total. The van der Waals surface area contributed by atoms with Crippen LogP contribution in [0.15, 0.2) is 24.3 Å². The third-order valence-corrected chi connectivity index (χ3v) is 3.91. The summed E-state index contributed by atoms with van der Waals surface area (Å²) in [6, 6.07) is 7.77. The van der Waals surface area contributed by atoms with Crippen LogP contribution >= 0.6 is 11.6 Å². The normalized spacial score (nSPS) is 20.6. The van der Waals surface area contributed by atoms with Crippen LogP contribution in [-0.2, 0) is 0 Å². The fourth-order valence-corrected chi connectivity index (χ4v) is 2.93. The predicted molar refractivity (Wildman–Crippen MR) is 75.2 cm³/mol. The van der Waals surface area contributed by atoms with Crippen molar-refractivity contribution in [1.29, 1.82) is 0 Å². The third kappa shape index (κ3) is 3.12. The number of likely N-dealkylation sites (tertiary alicyclic amines) is 1. The van der Waals surface area contributed by atoms with E-state index in [1.54, 1.807) is 12.1 Å². The van der Waals surface area contributed by atoms with Gasteiger partial charge in [0.1, 0.15) is 0 Å². The lowest BCUT2D eigenvalue weighted by molar-refractivity contribution is 0.0904. The Labute approximate surface area is 114 Å². The summed E-state index contributed by atoms with van der Waals surface area (Å²) >= 11 is 5.92. The zero-order valence-electron chi connectivity index (χ0n) is 11.0. The van der Waals surface area contributed by atoms with Crippen molar-refractivity contribution in [2.75, 3.05) is 13.1 Å². The van der Waals surface area contributed by atoms with E-state index in [0.717, 1.165) is 12.1 Å². The number of carbonyl (C=O) groups excluding carboxylic acids is 1. The highest BCUT2D eigenvalue weighted by Gasteiger charge is 2.28. The Hall–Kier alpha value is -0.860. The lowest BCUT2D eigenvalue weighted by Gasteiger charge is -2.26. The Morgan fingerprint density at radius 1 is 1.50 bits per heavy atom. The Morgan fingerprint density at radius 2 is 2.28 bits per heavy atom. The Morgan fingerprint density at radius 3 is 2.94 bits per heavy atom. The molecule has 0 bridgehead atoms. The molecule has 0 aromatic heterocycles. The largest absolute Gasteiger partial charge is 0.293 e. The maximum absolute atomic E-state index is 12.2. The first-order valence-electron chi connectivity index (χ1n) is 6.60. The van der Waals surface area contributed by atoms with Crippen LogP contribution in [0.25, 0.3) is 0 Å². The highest BCUT2D eigenvalue weighted by Crippen LogP contribution is 2.24. The topological polar surface area (TPSA) is 20.3 Å². The van der Waals surface area contributed by atoms with Gasteiger partial charge in [0.15, 0.2) is 5.78 Å². The summed E-state index contributed by atoms with van der Waals surface area (Å²) in [7, 11) is 0. The van der Waals surface area contributed by atoms with Crippen LogP contribution in [0.5, 0.6) is 0 Å². The van der Waals surface area contributed by atoms with Crippen molar-refractivity contribution in [2.45, 2.75) is 32.7 Å². The van der Waals surface area contributed by atoms with Crippen molar-refractivity contribution in [3.05, 3.63) is 34.9 Å². The van der Waals surface area contributed by atoms with Crippen LogP contribution in [0.1, 0.15) is 37.0 Å². The molecule has 1 heterocycles. The molecule has 1 aromatic rings. The number of benzene rings is 1. The van der Waals surface area contributed by atoms with E-state index in [1.165, 1.54) is 12.8 Å². The molecule has 1 aromatic carbocycles. The molecule has 0 amide bonds. The molecule has 2 rings (SSSR count). The van der Waals surface area contributed by atoms with Gasteiger partial charge in [-0.15, -0.1) is 0 Å². The van der Waals surface area contributed by atoms with Crippen LogP contribution < -0.4 is 0 Å². The van der Waals surface area contributed by atoms with E-state index in [-0.39, 0.29) is 5.78 Å². The molecular formula is C15H20ClNO. The van der Waals surface area contributed by atoms with Gasteiger partial charge in [0.2, 0.25) is 0 Å². The molecule has 0 N–H and O–H groups in total. The summed E-state index contributed by atoms with van der Waals surface area (Å²) in [5.41, 5.74) is 0.719. The van der Waals surface area contributed by atoms with Crippen molar-refractivity contribution >= 4 is 17.4 Å². The zero-order chi connectivity index (χ0) is 13.1. The summed E-state index contributed by atoms with van der Waals surface area (Å²) in [4.78, 5) is 14.5. The smallest absolute Gasteiger partial charge is 0.176 e. The highest BCUT2D eigenvalue weighted by atomic mass is 35.5. The summed E-state index contributed by atoms with van der Waals surface area (Å²) < 4.78 is 0. The number of Topliss-reactive ketones (excluding diaryl/α,β-unsaturated/α-hetero) is 1. The maximum atomic E-state index is 12.2. The van der Waals surface area contributed by atoms with Gasteiger partial charge in [-0.2, -0.15) is 0 Å². The average molecular weight is 266 g/mol. The molecule has 0 spiro atoms. The first kappa shape index (κ1) is 13.6. The molecule has 1 atom stereocenters. The number of halogens is 1. The molecule has 1 fully saturated rings. The van der Waals surface area contributed by atoms with Crippen molar-refractivity contribution < 1.29 is 4.79 Å². The van der Waals surface area contributed by atoms with Crippen LogP contribution in [-0.4, -0.2) is 29.8 Å². The lowest BCUT2D eigenvalue weighted by Crippen LogP contribution is -2.37. The van der Waals surface area contributed by atoms with E-state index in [2.05, 4.69) is 18.7 Å². The first-order chi connectivity index (χ1) is 8.58. The number of nitrogens with zero attached hydrogens (tertiary/aromatic N) is 1. The van der Waals surface area contributed by atoms with Gasteiger partial charge in [0, 0.05) is 16.6 Å². The number of hydrogen-bond acceptors (Lipinski definition) is 2. The number of carbonyl (C=O) groups is 1. The second-order valence-corrected chi connectivity index (χ2v) is 5.79. The SMILES string of the molecule is CC(C)C1CCCN1CC(=O)c1cccc(Cl)c1. The fourth-order valence-electron chi connectivity index (χ4n) is 2.74. The van der Waals surface area contributed by atoms with Crippen LogP contribution in [0, 0.1) is 5.92 Å². The van der Waals surface area contributed by atoms with Gasteiger partial charge >= 0.3 is 0 Å². The van der Waals surface area contributed by atoms with Crippen molar-refractivity contribution in [1.82, 2.24) is 4.90 Å². The van der Waals surface area contributed by atoms with Crippen molar-refractivity contribution in [3.63, 3.8) is 0 Å². The highest BCUT2D eigenvalue weighted by molar-refractivity contribution is 6.31. The summed E-state index contributed by atoms with van der Waals surface area (Å²) in [6.45, 7) is 6.01. The molecule has 0 saturated carbocycles. The predicted octanol–water partition coefficient (Wildman–Crippen LogP) is 3.64. The number of ketones is 1. The second-order valence-electron chi connectivity index (χ2n) is 5.36. The summed E-state index contributed by atoms with van der Waals surface area (Å²) in [5, 5.41) is 0.627. The van der Waals surface area contributed by atoms with Gasteiger partial charge in [-0.05, 0) is 37.4 Å². The standard InChI is InChI=1S/C15H20ClNO/c1-11(2)14-7-4-8-17(14)10-15(18)12-5-3-6-13(16)9-12/h3,5-6,9,11,14H,4,7-8,10H2,1-2H3. The third-order valence-electron chi connectivity index (χ3n) is 3.68. The van der Waals surface area contributed by atoms with Crippen molar-refractivity contribution in [2.24, 2.45) is 5.92 Å². The molecule has 3 heteroatoms. The molecule has 0 radical (unpaired) electrons. The summed E-state index contributed by atoms with van der Waals surface area (Å²) in [6.07, 6.45) is 2.41. The number of rotatable bonds is 4. The second kappa shape index (κ2) is 5.85. The molecular weight excluding hydrogens is 246 g/mol. The van der Waals surface area contributed by atoms with Gasteiger partial charge in [0.25, 0.3) is 0 Å². The van der Waals surface area contributed by atoms with E-state index in [4.69, 9.17) is 11.6 Å². The Kier molecular flexibility index (Phi) is 4.41. The zero-order valence-corrected chi connectivity index (χ0v) is 11.8. The van der Waals surface area contributed by atoms with Gasteiger partial charge in [-0.3, -0.25) is 9.69 Å². The minimum Gasteiger partial charge on any atom is -0.293 e. The van der Waals surface area contributed by atoms with Crippen LogP contribution in [0.4, 0.5) is 0 Å². The number of hydrogen-bond donors (Lipinski definition) is 0. The minimum absolute atomic E-state index is 0.171. The first-order valence-corrected chi connectivity index (χ1v) is 6.98. The molecule has 1 aliphatic rings. The van der Waals surface area contributed by atoms with Crippen LogP contribution in [0.2, 0.25) is 5.02 Å². The monoisotopic (exact) mass is 265 g/mol. The van der Waals surface area contributed by atoms with Gasteiger partial charge < -0.3 is 0 Å². The van der Waals surface area contributed by atoms with E-state index >= 15 is 0 Å². The van der Waals surface area contributed by atoms with E-state index < -0.39 is 0 Å². The Bertz CT molecular complexity index is 430. The van der Waals surface area contributed by atoms with E-state index in [0.29, 0.717) is 23.5 Å². The molecule has 98 valence electrons. The molecule has 18 heavy (non-hydrogen) atoms. The molecule has 1 unspecified atom stereocenters. The Balaban J connectivity index is 2.03. The lowest BCUT2D eigenvalue weighted by atomic mass is 10.0. The van der Waals surface area contributed by atoms with Gasteiger partial charge in [-0.25, -0.2) is 0 Å². The van der Waals surface area contributed by atoms with Crippen LogP contribution in [0.3, 0.4) is 0 Å². The maximum Gasteiger partial charge on any atom is 0.176 e.